The Hall–Kier alpha value is -0.210. The Kier molecular flexibility index (Phi) is 5.07. The van der Waals surface area contributed by atoms with E-state index in [2.05, 4.69) is 4.72 Å². The fraction of sp³-hybridized carbons (Fsp3) is 1.00. The summed E-state index contributed by atoms with van der Waals surface area (Å²) >= 11 is 0. The van der Waals surface area contributed by atoms with Crippen molar-refractivity contribution in [3.8, 4) is 0 Å². The van der Waals surface area contributed by atoms with Crippen molar-refractivity contribution in [2.45, 2.75) is 63.8 Å². The molecule has 2 unspecified atom stereocenters. The first-order valence-electron chi connectivity index (χ1n) is 7.43. The SMILES string of the molecule is CC1CN(S(=O)(=O)NCC2(O)CCCCC2)CC(C)O1. The third kappa shape index (κ3) is 4.14. The number of hydrogen-bond donors (Lipinski definition) is 2. The van der Waals surface area contributed by atoms with E-state index in [1.54, 1.807) is 0 Å². The predicted octanol–water partition coefficient (Wildman–Crippen LogP) is 0.625. The zero-order valence-corrected chi connectivity index (χ0v) is 13.2. The predicted molar refractivity (Wildman–Crippen MR) is 76.5 cm³/mol. The summed E-state index contributed by atoms with van der Waals surface area (Å²) in [5.74, 6) is 0. The molecule has 2 atom stereocenters. The molecule has 2 aliphatic rings. The lowest BCUT2D eigenvalue weighted by Gasteiger charge is -2.36. The molecule has 2 fully saturated rings. The second-order valence-corrected chi connectivity index (χ2v) is 7.94. The Balaban J connectivity index is 1.93. The monoisotopic (exact) mass is 306 g/mol. The topological polar surface area (TPSA) is 78.9 Å². The normalized spacial score (nSPS) is 32.1. The minimum absolute atomic E-state index is 0.104. The van der Waals surface area contributed by atoms with E-state index in [0.29, 0.717) is 25.9 Å². The van der Waals surface area contributed by atoms with Crippen LogP contribution in [0.5, 0.6) is 0 Å². The average molecular weight is 306 g/mol. The number of nitrogens with one attached hydrogen (secondary N) is 1. The van der Waals surface area contributed by atoms with Crippen LogP contribution in [0.2, 0.25) is 0 Å². The molecule has 1 aliphatic carbocycles. The molecule has 6 nitrogen and oxygen atoms in total. The van der Waals surface area contributed by atoms with Crippen LogP contribution in [0.15, 0.2) is 0 Å². The van der Waals surface area contributed by atoms with Gasteiger partial charge >= 0.3 is 0 Å². The minimum atomic E-state index is -3.54. The Morgan fingerprint density at radius 3 is 2.30 bits per heavy atom. The molecule has 1 heterocycles. The van der Waals surface area contributed by atoms with Crippen LogP contribution < -0.4 is 4.72 Å². The van der Waals surface area contributed by atoms with Crippen LogP contribution in [-0.4, -0.2) is 55.3 Å². The summed E-state index contributed by atoms with van der Waals surface area (Å²) in [5.41, 5.74) is -0.880. The van der Waals surface area contributed by atoms with E-state index in [9.17, 15) is 13.5 Å². The van der Waals surface area contributed by atoms with Crippen molar-refractivity contribution in [3.63, 3.8) is 0 Å². The van der Waals surface area contributed by atoms with E-state index in [1.165, 1.54) is 4.31 Å². The largest absolute Gasteiger partial charge is 0.389 e. The number of morpholine rings is 1. The summed E-state index contributed by atoms with van der Waals surface area (Å²) in [6.07, 6.45) is 4.18. The fourth-order valence-corrected chi connectivity index (χ4v) is 4.48. The molecule has 0 bridgehead atoms. The van der Waals surface area contributed by atoms with Crippen molar-refractivity contribution in [1.29, 1.82) is 0 Å². The fourth-order valence-electron chi connectivity index (χ4n) is 3.03. The maximum absolute atomic E-state index is 12.3. The van der Waals surface area contributed by atoms with Gasteiger partial charge in [0.15, 0.2) is 0 Å². The summed E-state index contributed by atoms with van der Waals surface area (Å²) < 4.78 is 34.1. The van der Waals surface area contributed by atoms with E-state index in [4.69, 9.17) is 4.74 Å². The number of ether oxygens (including phenoxy) is 1. The van der Waals surface area contributed by atoms with Crippen LogP contribution in [0, 0.1) is 0 Å². The lowest BCUT2D eigenvalue weighted by atomic mass is 9.85. The van der Waals surface area contributed by atoms with Gasteiger partial charge in [0.2, 0.25) is 0 Å². The molecule has 7 heteroatoms. The number of rotatable bonds is 4. The van der Waals surface area contributed by atoms with Gasteiger partial charge in [-0.2, -0.15) is 17.4 Å². The Morgan fingerprint density at radius 1 is 1.20 bits per heavy atom. The maximum atomic E-state index is 12.3. The first-order chi connectivity index (χ1) is 9.31. The Bertz CT molecular complexity index is 410. The summed E-state index contributed by atoms with van der Waals surface area (Å²) in [7, 11) is -3.54. The standard InChI is InChI=1S/C13H26N2O4S/c1-11-8-15(9-12(2)19-11)20(17,18)14-10-13(16)6-4-3-5-7-13/h11-12,14,16H,3-10H2,1-2H3. The van der Waals surface area contributed by atoms with Gasteiger partial charge in [0.25, 0.3) is 10.2 Å². The van der Waals surface area contributed by atoms with Crippen LogP contribution in [0.4, 0.5) is 0 Å². The molecule has 0 aromatic carbocycles. The average Bonchev–Trinajstić information content (AvgIpc) is 2.37. The maximum Gasteiger partial charge on any atom is 0.279 e. The highest BCUT2D eigenvalue weighted by Crippen LogP contribution is 2.27. The molecule has 1 saturated carbocycles. The molecule has 2 rings (SSSR count). The first kappa shape index (κ1) is 16.2. The zero-order valence-electron chi connectivity index (χ0n) is 12.3. The van der Waals surface area contributed by atoms with Gasteiger partial charge in [0, 0.05) is 19.6 Å². The van der Waals surface area contributed by atoms with Gasteiger partial charge in [-0.1, -0.05) is 19.3 Å². The zero-order chi connectivity index (χ0) is 14.8. The molecular formula is C13H26N2O4S. The number of hydrogen-bond acceptors (Lipinski definition) is 4. The second kappa shape index (κ2) is 6.27. The lowest BCUT2D eigenvalue weighted by Crippen LogP contribution is -2.54. The molecule has 1 saturated heterocycles. The molecule has 0 aromatic rings. The van der Waals surface area contributed by atoms with Gasteiger partial charge < -0.3 is 9.84 Å². The summed E-state index contributed by atoms with van der Waals surface area (Å²) in [4.78, 5) is 0. The van der Waals surface area contributed by atoms with Gasteiger partial charge in [0.05, 0.1) is 17.8 Å². The third-order valence-corrected chi connectivity index (χ3v) is 5.58. The van der Waals surface area contributed by atoms with E-state index < -0.39 is 15.8 Å². The summed E-state index contributed by atoms with van der Waals surface area (Å²) in [6, 6.07) is 0. The van der Waals surface area contributed by atoms with Gasteiger partial charge in [-0.25, -0.2) is 0 Å². The molecule has 0 amide bonds. The van der Waals surface area contributed by atoms with Crippen LogP contribution in [0.1, 0.15) is 46.0 Å². The number of nitrogens with zero attached hydrogens (tertiary/aromatic N) is 1. The van der Waals surface area contributed by atoms with Crippen molar-refractivity contribution in [3.05, 3.63) is 0 Å². The number of aliphatic hydroxyl groups is 1. The Morgan fingerprint density at radius 2 is 1.75 bits per heavy atom. The molecule has 0 aromatic heterocycles. The molecule has 20 heavy (non-hydrogen) atoms. The highest BCUT2D eigenvalue weighted by molar-refractivity contribution is 7.87. The summed E-state index contributed by atoms with van der Waals surface area (Å²) in [6.45, 7) is 4.56. The van der Waals surface area contributed by atoms with Crippen LogP contribution in [-0.2, 0) is 14.9 Å². The van der Waals surface area contributed by atoms with Gasteiger partial charge in [0.1, 0.15) is 0 Å². The molecule has 2 N–H and O–H groups in total. The van der Waals surface area contributed by atoms with E-state index in [1.807, 2.05) is 13.8 Å². The minimum Gasteiger partial charge on any atom is -0.389 e. The van der Waals surface area contributed by atoms with E-state index >= 15 is 0 Å². The van der Waals surface area contributed by atoms with Crippen LogP contribution in [0.25, 0.3) is 0 Å². The smallest absolute Gasteiger partial charge is 0.279 e. The molecule has 1 aliphatic heterocycles. The van der Waals surface area contributed by atoms with Crippen LogP contribution >= 0.6 is 0 Å². The van der Waals surface area contributed by atoms with Crippen LogP contribution in [0.3, 0.4) is 0 Å². The first-order valence-corrected chi connectivity index (χ1v) is 8.87. The molecular weight excluding hydrogens is 280 g/mol. The highest BCUT2D eigenvalue weighted by atomic mass is 32.2. The summed E-state index contributed by atoms with van der Waals surface area (Å²) in [5, 5.41) is 10.4. The lowest BCUT2D eigenvalue weighted by molar-refractivity contribution is -0.0447. The van der Waals surface area contributed by atoms with E-state index in [0.717, 1.165) is 19.3 Å². The van der Waals surface area contributed by atoms with Crippen molar-refractivity contribution in [2.24, 2.45) is 0 Å². The van der Waals surface area contributed by atoms with Crippen molar-refractivity contribution in [1.82, 2.24) is 9.03 Å². The molecule has 118 valence electrons. The molecule has 0 spiro atoms. The van der Waals surface area contributed by atoms with Gasteiger partial charge in [-0.3, -0.25) is 0 Å². The quantitative estimate of drug-likeness (QED) is 0.798. The van der Waals surface area contributed by atoms with Gasteiger partial charge in [-0.15, -0.1) is 0 Å². The Labute approximate surface area is 121 Å². The van der Waals surface area contributed by atoms with Crippen molar-refractivity contribution >= 4 is 10.2 Å². The third-order valence-electron chi connectivity index (χ3n) is 4.09. The van der Waals surface area contributed by atoms with Gasteiger partial charge in [-0.05, 0) is 26.7 Å². The van der Waals surface area contributed by atoms with E-state index in [-0.39, 0.29) is 18.8 Å². The van der Waals surface area contributed by atoms with Crippen molar-refractivity contribution < 1.29 is 18.3 Å². The molecule has 0 radical (unpaired) electrons. The second-order valence-electron chi connectivity index (χ2n) is 6.19. The van der Waals surface area contributed by atoms with Crippen molar-refractivity contribution in [2.75, 3.05) is 19.6 Å². The highest BCUT2D eigenvalue weighted by Gasteiger charge is 2.34.